The number of hydrogen-bond donors (Lipinski definition) is 0. The minimum Gasteiger partial charge on any atom is -0.467 e. The predicted octanol–water partition coefficient (Wildman–Crippen LogP) is 1.17. The summed E-state index contributed by atoms with van der Waals surface area (Å²) in [6.45, 7) is 2.45. The van der Waals surface area contributed by atoms with E-state index in [1.54, 1.807) is 23.2 Å². The van der Waals surface area contributed by atoms with E-state index in [0.717, 1.165) is 12.1 Å². The average molecular weight is 248 g/mol. The second kappa shape index (κ2) is 5.16. The minimum atomic E-state index is -0.455. The molecule has 0 aromatic carbocycles. The first-order chi connectivity index (χ1) is 8.63. The fraction of sp³-hybridized carbons (Fsp3) is 0.462. The number of pyridine rings is 1. The highest BCUT2D eigenvalue weighted by molar-refractivity contribution is 5.96. The number of likely N-dealkylation sites (tertiary alicyclic amines) is 1. The average Bonchev–Trinajstić information content (AvgIpc) is 2.87. The van der Waals surface area contributed by atoms with Crippen LogP contribution in [0.4, 0.5) is 0 Å². The zero-order valence-electron chi connectivity index (χ0n) is 10.5. The molecule has 0 saturated carbocycles. The van der Waals surface area contributed by atoms with Crippen LogP contribution in [0.3, 0.4) is 0 Å². The number of carbonyl (C=O) groups excluding carboxylic acids is 2. The Hall–Kier alpha value is -1.91. The zero-order chi connectivity index (χ0) is 13.1. The third kappa shape index (κ3) is 2.34. The van der Waals surface area contributed by atoms with Crippen LogP contribution in [-0.2, 0) is 9.53 Å². The van der Waals surface area contributed by atoms with Gasteiger partial charge in [-0.15, -0.1) is 0 Å². The lowest BCUT2D eigenvalue weighted by molar-refractivity contribution is -0.145. The number of nitrogens with zero attached hydrogens (tertiary/aromatic N) is 2. The number of esters is 1. The second-order valence-corrected chi connectivity index (χ2v) is 4.37. The van der Waals surface area contributed by atoms with E-state index in [0.29, 0.717) is 18.5 Å². The predicted molar refractivity (Wildman–Crippen MR) is 65.0 cm³/mol. The van der Waals surface area contributed by atoms with Gasteiger partial charge in [-0.3, -0.25) is 9.78 Å². The molecule has 5 nitrogen and oxygen atoms in total. The van der Waals surface area contributed by atoms with Crippen molar-refractivity contribution in [3.63, 3.8) is 0 Å². The number of amides is 1. The van der Waals surface area contributed by atoms with Gasteiger partial charge in [0.25, 0.3) is 5.91 Å². The Morgan fingerprint density at radius 2 is 2.22 bits per heavy atom. The van der Waals surface area contributed by atoms with Gasteiger partial charge in [-0.05, 0) is 31.9 Å². The van der Waals surface area contributed by atoms with E-state index in [1.165, 1.54) is 7.11 Å². The molecular formula is C13H16N2O3. The summed E-state index contributed by atoms with van der Waals surface area (Å²) in [5.74, 6) is -0.503. The number of carbonyl (C=O) groups is 2. The molecule has 1 aromatic heterocycles. The molecule has 1 amide bonds. The van der Waals surface area contributed by atoms with Crippen molar-refractivity contribution in [3.8, 4) is 0 Å². The highest BCUT2D eigenvalue weighted by Gasteiger charge is 2.35. The molecule has 1 aliphatic heterocycles. The van der Waals surface area contributed by atoms with Gasteiger partial charge in [-0.2, -0.15) is 0 Å². The normalized spacial score (nSPS) is 18.8. The van der Waals surface area contributed by atoms with Gasteiger partial charge in [0, 0.05) is 18.4 Å². The lowest BCUT2D eigenvalue weighted by Gasteiger charge is -2.22. The van der Waals surface area contributed by atoms with E-state index in [1.807, 2.05) is 6.92 Å². The van der Waals surface area contributed by atoms with Crippen LogP contribution in [0, 0.1) is 6.92 Å². The van der Waals surface area contributed by atoms with Crippen LogP contribution >= 0.6 is 0 Å². The summed E-state index contributed by atoms with van der Waals surface area (Å²) in [4.78, 5) is 29.5. The number of aromatic nitrogens is 1. The Morgan fingerprint density at radius 1 is 1.44 bits per heavy atom. The molecule has 1 aromatic rings. The van der Waals surface area contributed by atoms with Gasteiger partial charge in [0.2, 0.25) is 0 Å². The molecule has 5 heteroatoms. The van der Waals surface area contributed by atoms with Gasteiger partial charge in [0.05, 0.1) is 12.7 Å². The Labute approximate surface area is 106 Å². The van der Waals surface area contributed by atoms with Crippen LogP contribution in [0.25, 0.3) is 0 Å². The first-order valence-electron chi connectivity index (χ1n) is 5.95. The molecule has 1 fully saturated rings. The van der Waals surface area contributed by atoms with Crippen molar-refractivity contribution in [1.82, 2.24) is 9.88 Å². The molecule has 1 saturated heterocycles. The summed E-state index contributed by atoms with van der Waals surface area (Å²) in [5, 5.41) is 0. The third-order valence-corrected chi connectivity index (χ3v) is 3.15. The Balaban J connectivity index is 2.17. The van der Waals surface area contributed by atoms with Crippen LogP contribution in [0.5, 0.6) is 0 Å². The lowest BCUT2D eigenvalue weighted by Crippen LogP contribution is -2.41. The van der Waals surface area contributed by atoms with Crippen LogP contribution in [0.15, 0.2) is 18.3 Å². The van der Waals surface area contributed by atoms with Crippen molar-refractivity contribution in [2.75, 3.05) is 13.7 Å². The van der Waals surface area contributed by atoms with Gasteiger partial charge in [0.15, 0.2) is 0 Å². The van der Waals surface area contributed by atoms with E-state index in [4.69, 9.17) is 4.74 Å². The quantitative estimate of drug-likeness (QED) is 0.737. The fourth-order valence-corrected chi connectivity index (χ4v) is 2.15. The Morgan fingerprint density at radius 3 is 2.83 bits per heavy atom. The molecule has 2 heterocycles. The number of rotatable bonds is 2. The van der Waals surface area contributed by atoms with Crippen LogP contribution in [-0.4, -0.2) is 41.5 Å². The van der Waals surface area contributed by atoms with Crippen molar-refractivity contribution in [2.45, 2.75) is 25.8 Å². The summed E-state index contributed by atoms with van der Waals surface area (Å²) in [6.07, 6.45) is 3.03. The van der Waals surface area contributed by atoms with E-state index in [9.17, 15) is 9.59 Å². The Kier molecular flexibility index (Phi) is 3.60. The lowest BCUT2D eigenvalue weighted by atomic mass is 10.2. The highest BCUT2D eigenvalue weighted by atomic mass is 16.5. The van der Waals surface area contributed by atoms with Crippen LogP contribution in [0.1, 0.15) is 28.9 Å². The number of aryl methyl sites for hydroxylation is 1. The van der Waals surface area contributed by atoms with Crippen molar-refractivity contribution in [1.29, 1.82) is 0 Å². The Bertz CT molecular complexity index is 456. The smallest absolute Gasteiger partial charge is 0.328 e. The maximum Gasteiger partial charge on any atom is 0.328 e. The van der Waals surface area contributed by atoms with Gasteiger partial charge >= 0.3 is 5.97 Å². The van der Waals surface area contributed by atoms with Gasteiger partial charge < -0.3 is 9.64 Å². The first-order valence-corrected chi connectivity index (χ1v) is 5.95. The topological polar surface area (TPSA) is 59.5 Å². The van der Waals surface area contributed by atoms with Crippen molar-refractivity contribution in [2.24, 2.45) is 0 Å². The number of ether oxygens (including phenoxy) is 1. The molecule has 0 N–H and O–H groups in total. The molecule has 1 atom stereocenters. The minimum absolute atomic E-state index is 0.157. The molecule has 18 heavy (non-hydrogen) atoms. The molecule has 0 bridgehead atoms. The van der Waals surface area contributed by atoms with E-state index in [-0.39, 0.29) is 11.9 Å². The molecule has 0 aliphatic carbocycles. The summed E-state index contributed by atoms with van der Waals surface area (Å²) < 4.78 is 4.72. The number of methoxy groups -OCH3 is 1. The van der Waals surface area contributed by atoms with Gasteiger partial charge in [-0.1, -0.05) is 0 Å². The largest absolute Gasteiger partial charge is 0.467 e. The summed E-state index contributed by atoms with van der Waals surface area (Å²) in [6, 6.07) is 3.07. The van der Waals surface area contributed by atoms with Crippen LogP contribution in [0.2, 0.25) is 0 Å². The third-order valence-electron chi connectivity index (χ3n) is 3.15. The fourth-order valence-electron chi connectivity index (χ4n) is 2.15. The van der Waals surface area contributed by atoms with Crippen molar-refractivity contribution >= 4 is 11.9 Å². The summed E-state index contributed by atoms with van der Waals surface area (Å²) >= 11 is 0. The maximum absolute atomic E-state index is 12.3. The van der Waals surface area contributed by atoms with E-state index >= 15 is 0 Å². The molecule has 0 radical (unpaired) electrons. The number of hydrogen-bond acceptors (Lipinski definition) is 4. The molecule has 1 aliphatic rings. The summed E-state index contributed by atoms with van der Waals surface area (Å²) in [7, 11) is 1.34. The van der Waals surface area contributed by atoms with Crippen molar-refractivity contribution < 1.29 is 14.3 Å². The zero-order valence-corrected chi connectivity index (χ0v) is 10.5. The SMILES string of the molecule is COC(=O)C1CCCN1C(=O)c1ccc(C)nc1. The van der Waals surface area contributed by atoms with Gasteiger partial charge in [0.1, 0.15) is 6.04 Å². The van der Waals surface area contributed by atoms with E-state index in [2.05, 4.69) is 4.98 Å². The molecule has 1 unspecified atom stereocenters. The molecule has 96 valence electrons. The highest BCUT2D eigenvalue weighted by Crippen LogP contribution is 2.20. The molecule has 0 spiro atoms. The van der Waals surface area contributed by atoms with Crippen LogP contribution < -0.4 is 0 Å². The van der Waals surface area contributed by atoms with Crippen molar-refractivity contribution in [3.05, 3.63) is 29.6 Å². The molecule has 2 rings (SSSR count). The first kappa shape index (κ1) is 12.5. The summed E-state index contributed by atoms with van der Waals surface area (Å²) in [5.41, 5.74) is 1.37. The standard InChI is InChI=1S/C13H16N2O3/c1-9-5-6-10(8-14-9)12(16)15-7-3-4-11(15)13(17)18-2/h5-6,8,11H,3-4,7H2,1-2H3. The second-order valence-electron chi connectivity index (χ2n) is 4.37. The van der Waals surface area contributed by atoms with Gasteiger partial charge in [-0.25, -0.2) is 4.79 Å². The monoisotopic (exact) mass is 248 g/mol. The molecular weight excluding hydrogens is 232 g/mol. The van der Waals surface area contributed by atoms with E-state index < -0.39 is 6.04 Å². The maximum atomic E-state index is 12.3.